The highest BCUT2D eigenvalue weighted by molar-refractivity contribution is 6.33. The number of anilines is 1. The molecule has 20 heavy (non-hydrogen) atoms. The van der Waals surface area contributed by atoms with Crippen molar-refractivity contribution in [1.82, 2.24) is 0 Å². The fourth-order valence-electron chi connectivity index (χ4n) is 1.47. The van der Waals surface area contributed by atoms with Crippen LogP contribution in [0.25, 0.3) is 0 Å². The second-order valence-corrected chi connectivity index (χ2v) is 5.67. The number of hydrogen-bond donors (Lipinski definition) is 1. The Morgan fingerprint density at radius 3 is 2.65 bits per heavy atom. The van der Waals surface area contributed by atoms with Crippen LogP contribution < -0.4 is 5.32 Å². The van der Waals surface area contributed by atoms with E-state index in [2.05, 4.69) is 10.3 Å². The molecule has 5 nitrogen and oxygen atoms in total. The van der Waals surface area contributed by atoms with Crippen molar-refractivity contribution in [3.63, 3.8) is 0 Å². The standard InChI is InChI=1S/C14H17ClN2O3/c1-9(16-8-18)10-5-6-11(15)12(7-10)17-13(19)20-14(2,3)4/h5-7,9H,1-4H3,(H,17,19). The third kappa shape index (κ3) is 5.03. The molecule has 0 saturated heterocycles. The summed E-state index contributed by atoms with van der Waals surface area (Å²) in [5.74, 6) is 0. The van der Waals surface area contributed by atoms with Gasteiger partial charge in [-0.05, 0) is 45.4 Å². The zero-order valence-corrected chi connectivity index (χ0v) is 12.6. The number of carbonyl (C=O) groups excluding carboxylic acids is 2. The largest absolute Gasteiger partial charge is 0.444 e. The first-order valence-corrected chi connectivity index (χ1v) is 6.47. The molecule has 0 aromatic heterocycles. The molecule has 0 saturated carbocycles. The van der Waals surface area contributed by atoms with Crippen molar-refractivity contribution in [1.29, 1.82) is 0 Å². The number of benzene rings is 1. The minimum absolute atomic E-state index is 0.357. The molecule has 0 aliphatic rings. The topological polar surface area (TPSA) is 67.8 Å². The van der Waals surface area contributed by atoms with Crippen LogP contribution in [0, 0.1) is 0 Å². The van der Waals surface area contributed by atoms with Crippen LogP contribution in [-0.2, 0) is 9.53 Å². The Kier molecular flexibility index (Phi) is 5.31. The monoisotopic (exact) mass is 296 g/mol. The first kappa shape index (κ1) is 16.2. The number of amides is 1. The molecule has 1 unspecified atom stereocenters. The smallest absolute Gasteiger partial charge is 0.412 e. The Labute approximate surface area is 123 Å². The first-order chi connectivity index (χ1) is 9.23. The Morgan fingerprint density at radius 2 is 2.10 bits per heavy atom. The van der Waals surface area contributed by atoms with Crippen molar-refractivity contribution in [3.8, 4) is 0 Å². The van der Waals surface area contributed by atoms with Crippen LogP contribution in [0.3, 0.4) is 0 Å². The van der Waals surface area contributed by atoms with Crippen molar-refractivity contribution >= 4 is 29.5 Å². The second kappa shape index (κ2) is 6.55. The number of rotatable bonds is 3. The van der Waals surface area contributed by atoms with Gasteiger partial charge in [-0.15, -0.1) is 0 Å². The van der Waals surface area contributed by atoms with Crippen molar-refractivity contribution in [2.24, 2.45) is 4.99 Å². The molecule has 0 spiro atoms. The number of hydrogen-bond acceptors (Lipinski definition) is 4. The van der Waals surface area contributed by atoms with Gasteiger partial charge in [0.1, 0.15) is 5.60 Å². The summed E-state index contributed by atoms with van der Waals surface area (Å²) in [6, 6.07) is 4.65. The highest BCUT2D eigenvalue weighted by Crippen LogP contribution is 2.27. The van der Waals surface area contributed by atoms with E-state index in [9.17, 15) is 9.59 Å². The zero-order chi connectivity index (χ0) is 15.3. The lowest BCUT2D eigenvalue weighted by Crippen LogP contribution is -2.27. The number of halogens is 1. The summed E-state index contributed by atoms with van der Waals surface area (Å²) >= 11 is 6.02. The number of ether oxygens (including phenoxy) is 1. The van der Waals surface area contributed by atoms with Gasteiger partial charge in [-0.25, -0.2) is 9.59 Å². The molecule has 0 heterocycles. The molecule has 108 valence electrons. The predicted octanol–water partition coefficient (Wildman–Crippen LogP) is 4.08. The number of isocyanates is 1. The highest BCUT2D eigenvalue weighted by atomic mass is 35.5. The van der Waals surface area contributed by atoms with Gasteiger partial charge in [0.05, 0.1) is 16.8 Å². The van der Waals surface area contributed by atoms with E-state index in [0.717, 1.165) is 5.56 Å². The lowest BCUT2D eigenvalue weighted by Gasteiger charge is -2.20. The number of aliphatic imine (C=N–C) groups is 1. The van der Waals surface area contributed by atoms with E-state index in [4.69, 9.17) is 16.3 Å². The molecular formula is C14H17ClN2O3. The highest BCUT2D eigenvalue weighted by Gasteiger charge is 2.17. The maximum atomic E-state index is 11.7. The molecule has 0 radical (unpaired) electrons. The van der Waals surface area contributed by atoms with Crippen LogP contribution in [0.5, 0.6) is 0 Å². The number of nitrogens with one attached hydrogen (secondary N) is 1. The van der Waals surface area contributed by atoms with Crippen LogP contribution in [-0.4, -0.2) is 17.8 Å². The molecule has 1 N–H and O–H groups in total. The molecule has 6 heteroatoms. The zero-order valence-electron chi connectivity index (χ0n) is 11.9. The van der Waals surface area contributed by atoms with Crippen LogP contribution >= 0.6 is 11.6 Å². The summed E-state index contributed by atoms with van der Waals surface area (Å²) in [5.41, 5.74) is 0.554. The molecule has 1 aromatic carbocycles. The molecule has 0 bridgehead atoms. The minimum atomic E-state index is -0.594. The van der Waals surface area contributed by atoms with Gasteiger partial charge in [0, 0.05) is 0 Å². The van der Waals surface area contributed by atoms with E-state index in [0.29, 0.717) is 10.7 Å². The average molecular weight is 297 g/mol. The van der Waals surface area contributed by atoms with Gasteiger partial charge in [0.15, 0.2) is 0 Å². The molecule has 1 atom stereocenters. The lowest BCUT2D eigenvalue weighted by atomic mass is 10.1. The third-order valence-corrected chi connectivity index (χ3v) is 2.68. The van der Waals surface area contributed by atoms with Crippen molar-refractivity contribution in [2.75, 3.05) is 5.32 Å². The quantitative estimate of drug-likeness (QED) is 0.675. The van der Waals surface area contributed by atoms with Gasteiger partial charge in [-0.3, -0.25) is 5.32 Å². The van der Waals surface area contributed by atoms with Crippen molar-refractivity contribution in [3.05, 3.63) is 28.8 Å². The third-order valence-electron chi connectivity index (χ3n) is 2.35. The van der Waals surface area contributed by atoms with Crippen molar-refractivity contribution < 1.29 is 14.3 Å². The van der Waals surface area contributed by atoms with E-state index < -0.39 is 11.7 Å². The Morgan fingerprint density at radius 1 is 1.45 bits per heavy atom. The number of nitrogens with zero attached hydrogens (tertiary/aromatic N) is 1. The van der Waals surface area contributed by atoms with Gasteiger partial charge in [-0.2, -0.15) is 4.99 Å². The molecular weight excluding hydrogens is 280 g/mol. The molecule has 1 rings (SSSR count). The molecule has 0 fully saturated rings. The fraction of sp³-hybridized carbons (Fsp3) is 0.429. The molecule has 1 amide bonds. The summed E-state index contributed by atoms with van der Waals surface area (Å²) < 4.78 is 5.15. The van der Waals surface area contributed by atoms with Crippen molar-refractivity contribution in [2.45, 2.75) is 39.3 Å². The summed E-state index contributed by atoms with van der Waals surface area (Å²) in [7, 11) is 0. The van der Waals surface area contributed by atoms with Crippen LogP contribution in [0.15, 0.2) is 23.2 Å². The van der Waals surface area contributed by atoms with Crippen LogP contribution in [0.2, 0.25) is 5.02 Å². The van der Waals surface area contributed by atoms with Crippen LogP contribution in [0.4, 0.5) is 10.5 Å². The first-order valence-electron chi connectivity index (χ1n) is 6.09. The van der Waals surface area contributed by atoms with Gasteiger partial charge in [0.2, 0.25) is 6.08 Å². The van der Waals surface area contributed by atoms with E-state index in [1.165, 1.54) is 6.08 Å². The summed E-state index contributed by atoms with van der Waals surface area (Å²) in [6.07, 6.45) is 0.907. The molecule has 1 aromatic rings. The van der Waals surface area contributed by atoms with Gasteiger partial charge < -0.3 is 4.74 Å². The SMILES string of the molecule is CC(N=C=O)c1ccc(Cl)c(NC(=O)OC(C)(C)C)c1. The lowest BCUT2D eigenvalue weighted by molar-refractivity contribution is 0.0636. The van der Waals surface area contributed by atoms with Crippen LogP contribution in [0.1, 0.15) is 39.3 Å². The fourth-order valence-corrected chi connectivity index (χ4v) is 1.63. The Bertz CT molecular complexity index is 546. The average Bonchev–Trinajstić information content (AvgIpc) is 2.29. The predicted molar refractivity (Wildman–Crippen MR) is 77.8 cm³/mol. The number of carbonyl (C=O) groups is 1. The van der Waals surface area contributed by atoms with Gasteiger partial charge >= 0.3 is 6.09 Å². The maximum absolute atomic E-state index is 11.7. The molecule has 0 aliphatic heterocycles. The summed E-state index contributed by atoms with van der Waals surface area (Å²) in [5, 5.41) is 2.95. The summed E-state index contributed by atoms with van der Waals surface area (Å²) in [4.78, 5) is 25.6. The summed E-state index contributed by atoms with van der Waals surface area (Å²) in [6.45, 7) is 7.05. The second-order valence-electron chi connectivity index (χ2n) is 5.26. The normalized spacial score (nSPS) is 12.2. The van der Waals surface area contributed by atoms with Gasteiger partial charge in [0.25, 0.3) is 0 Å². The van der Waals surface area contributed by atoms with E-state index in [1.54, 1.807) is 45.9 Å². The van der Waals surface area contributed by atoms with Gasteiger partial charge in [-0.1, -0.05) is 17.7 Å². The minimum Gasteiger partial charge on any atom is -0.444 e. The van der Waals surface area contributed by atoms with E-state index in [1.807, 2.05) is 0 Å². The Balaban J connectivity index is 2.92. The van der Waals surface area contributed by atoms with E-state index in [-0.39, 0.29) is 6.04 Å². The van der Waals surface area contributed by atoms with E-state index >= 15 is 0 Å². The molecule has 0 aliphatic carbocycles. The maximum Gasteiger partial charge on any atom is 0.412 e. The Hall–Kier alpha value is -1.84.